The second-order valence-electron chi connectivity index (χ2n) is 26.1. The Kier molecular flexibility index (Phi) is 29.9. The van der Waals surface area contributed by atoms with Crippen LogP contribution in [0.2, 0.25) is 0 Å². The molecule has 1 unspecified atom stereocenters. The molecule has 46 nitrogen and oxygen atoms in total. The van der Waals surface area contributed by atoms with Gasteiger partial charge in [0.15, 0.2) is 44.0 Å². The molecule has 8 fully saturated rings. The van der Waals surface area contributed by atoms with Crippen LogP contribution in [0.15, 0.2) is 0 Å². The standard InChI is InChI=1S/C57H95N3O43/c1-13-28(71)34(77)39(82)52(91-13)100-45-22(10-65)95-51(27(60-16(4)68)47(45)101-53-40(83)35(78)30(73)19(7-62)93-53)102-48-32(75)23(96-55(42(48)85)99-44-20(8-63)92-49(86)38(81)37(44)80)11-89-50-26(59-15(3)67)33(76)43(21(9-64)94-50)98-54-41(84)36(79)31(74)24(97-54)12-90-57(56(87)88)5-17(69)25(58-14(2)66)46(103-57)29(72)18(70)6-61/h13,17-55,61-65,69-86H,5-12H2,1-4H3,(H,58,66)(H,59,67)(H,60,68)(H,87,88)/t13-,17-,18+,19+,20+,21+,22+,23+,24+,25+,26+,27+,28+,29+,30-,31-,32-,33+,34+,35-,36-,37+,38+,39-,40+,41+,42+,43+,44+,45+,46+,47+,48-,49?,50+,51-,52-,53-,54-,55-,57+/m0/s1. The predicted molar refractivity (Wildman–Crippen MR) is 315 cm³/mol. The summed E-state index contributed by atoms with van der Waals surface area (Å²) in [5.74, 6) is -7.81. The van der Waals surface area contributed by atoms with Crippen molar-refractivity contribution >= 4 is 23.7 Å². The van der Waals surface area contributed by atoms with E-state index in [9.17, 15) is 142 Å². The first-order valence-electron chi connectivity index (χ1n) is 32.6. The highest BCUT2D eigenvalue weighted by Gasteiger charge is 2.61. The van der Waals surface area contributed by atoms with Gasteiger partial charge >= 0.3 is 5.97 Å². The van der Waals surface area contributed by atoms with Gasteiger partial charge in [0.1, 0.15) is 183 Å². The third-order valence-electron chi connectivity index (χ3n) is 18.8. The van der Waals surface area contributed by atoms with Gasteiger partial charge in [0, 0.05) is 27.2 Å². The minimum atomic E-state index is -3.04. The van der Waals surface area contributed by atoms with E-state index in [1.54, 1.807) is 0 Å². The van der Waals surface area contributed by atoms with Crippen LogP contribution in [0.4, 0.5) is 0 Å². The highest BCUT2D eigenvalue weighted by atomic mass is 16.8. The molecule has 0 spiro atoms. The fourth-order valence-corrected chi connectivity index (χ4v) is 13.1. The van der Waals surface area contributed by atoms with E-state index in [4.69, 9.17) is 71.1 Å². The fraction of sp³-hybridized carbons (Fsp3) is 0.930. The van der Waals surface area contributed by atoms with E-state index < -0.39 is 327 Å². The second-order valence-corrected chi connectivity index (χ2v) is 26.1. The molecule has 0 aromatic heterocycles. The lowest BCUT2D eigenvalue weighted by atomic mass is 9.88. The van der Waals surface area contributed by atoms with Gasteiger partial charge in [0.2, 0.25) is 17.7 Å². The Morgan fingerprint density at radius 2 is 0.845 bits per heavy atom. The van der Waals surface area contributed by atoms with E-state index in [2.05, 4.69) is 16.0 Å². The topological polar surface area (TPSA) is 728 Å². The van der Waals surface area contributed by atoms with Crippen LogP contribution < -0.4 is 16.0 Å². The summed E-state index contributed by atoms with van der Waals surface area (Å²) < 4.78 is 87.8. The van der Waals surface area contributed by atoms with Gasteiger partial charge in [0.05, 0.1) is 64.5 Å². The van der Waals surface area contributed by atoms with Gasteiger partial charge in [-0.2, -0.15) is 0 Å². The molecular formula is C57H95N3O43. The molecule has 3 amide bonds. The van der Waals surface area contributed by atoms with Crippen molar-refractivity contribution in [1.82, 2.24) is 16.0 Å². The molecule has 0 bridgehead atoms. The van der Waals surface area contributed by atoms with Crippen molar-refractivity contribution in [1.29, 1.82) is 0 Å². The lowest BCUT2D eigenvalue weighted by molar-refractivity contribution is -0.393. The van der Waals surface area contributed by atoms with Crippen LogP contribution in [0.25, 0.3) is 0 Å². The van der Waals surface area contributed by atoms with Crippen LogP contribution in [-0.4, -0.2) is 444 Å². The second kappa shape index (κ2) is 36.3. The highest BCUT2D eigenvalue weighted by Crippen LogP contribution is 2.40. The Labute approximate surface area is 582 Å². The molecule has 0 saturated carbocycles. The van der Waals surface area contributed by atoms with Gasteiger partial charge in [-0.1, -0.05) is 0 Å². The quantitative estimate of drug-likeness (QED) is 0.0363. The highest BCUT2D eigenvalue weighted by molar-refractivity contribution is 5.77. The Morgan fingerprint density at radius 3 is 1.39 bits per heavy atom. The number of aliphatic carboxylic acids is 1. The maximum absolute atomic E-state index is 13.3. The van der Waals surface area contributed by atoms with Crippen molar-refractivity contribution < 1.29 is 213 Å². The number of carbonyl (C=O) groups excluding carboxylic acids is 3. The molecule has 8 aliphatic rings. The zero-order valence-corrected chi connectivity index (χ0v) is 55.2. The molecule has 46 heteroatoms. The molecule has 8 saturated heterocycles. The summed E-state index contributed by atoms with van der Waals surface area (Å²) in [6.07, 6.45) is -77.6. The van der Waals surface area contributed by atoms with E-state index in [0.717, 1.165) is 20.8 Å². The number of ether oxygens (including phenoxy) is 15. The monoisotopic (exact) mass is 1510 g/mol. The maximum atomic E-state index is 13.3. The molecule has 0 aromatic carbocycles. The van der Waals surface area contributed by atoms with Gasteiger partial charge in [-0.05, 0) is 6.92 Å². The van der Waals surface area contributed by atoms with Crippen molar-refractivity contribution in [3.63, 3.8) is 0 Å². The van der Waals surface area contributed by atoms with Crippen molar-refractivity contribution in [2.45, 2.75) is 285 Å². The van der Waals surface area contributed by atoms with Crippen molar-refractivity contribution in [3.8, 4) is 0 Å². The molecule has 0 radical (unpaired) electrons. The van der Waals surface area contributed by atoms with Crippen LogP contribution in [0.3, 0.4) is 0 Å². The van der Waals surface area contributed by atoms with E-state index in [0.29, 0.717) is 0 Å². The van der Waals surface area contributed by atoms with Crippen molar-refractivity contribution in [2.75, 3.05) is 46.2 Å². The van der Waals surface area contributed by atoms with Gasteiger partial charge in [-0.15, -0.1) is 0 Å². The average molecular weight is 1510 g/mol. The number of carboxylic acids is 1. The van der Waals surface area contributed by atoms with E-state index in [1.165, 1.54) is 6.92 Å². The molecule has 0 aromatic rings. The summed E-state index contributed by atoms with van der Waals surface area (Å²) in [5, 5.41) is 269. The first kappa shape index (κ1) is 85.0. The van der Waals surface area contributed by atoms with E-state index in [1.807, 2.05) is 0 Å². The maximum Gasteiger partial charge on any atom is 0.364 e. The Bertz CT molecular complexity index is 2720. The summed E-state index contributed by atoms with van der Waals surface area (Å²) in [6, 6.07) is -5.54. The summed E-state index contributed by atoms with van der Waals surface area (Å²) >= 11 is 0. The zero-order chi connectivity index (χ0) is 76.3. The number of aliphatic hydroxyl groups is 23. The lowest BCUT2D eigenvalue weighted by Crippen LogP contribution is -2.71. The Morgan fingerprint density at radius 1 is 0.417 bits per heavy atom. The molecular weight excluding hydrogens is 1410 g/mol. The van der Waals surface area contributed by atoms with Crippen LogP contribution in [0.5, 0.6) is 0 Å². The van der Waals surface area contributed by atoms with Crippen molar-refractivity contribution in [3.05, 3.63) is 0 Å². The number of hydrogen-bond donors (Lipinski definition) is 27. The smallest absolute Gasteiger partial charge is 0.364 e. The number of carboxylic acid groups (broad SMARTS) is 1. The van der Waals surface area contributed by atoms with Crippen LogP contribution in [0, 0.1) is 0 Å². The molecule has 8 aliphatic heterocycles. The van der Waals surface area contributed by atoms with Gasteiger partial charge in [-0.3, -0.25) is 14.4 Å². The number of amides is 3. The predicted octanol–water partition coefficient (Wildman–Crippen LogP) is -17.8. The minimum absolute atomic E-state index is 0.819. The normalized spacial score (nSPS) is 48.3. The summed E-state index contributed by atoms with van der Waals surface area (Å²) in [4.78, 5) is 51.2. The lowest BCUT2D eigenvalue weighted by Gasteiger charge is -2.52. The van der Waals surface area contributed by atoms with Gasteiger partial charge in [0.25, 0.3) is 5.79 Å². The molecule has 0 aliphatic carbocycles. The number of rotatable bonds is 27. The molecule has 103 heavy (non-hydrogen) atoms. The molecule has 8 rings (SSSR count). The summed E-state index contributed by atoms with van der Waals surface area (Å²) in [6.45, 7) is -3.73. The zero-order valence-electron chi connectivity index (χ0n) is 55.2. The molecule has 27 N–H and O–H groups in total. The first-order valence-corrected chi connectivity index (χ1v) is 32.6. The Hall–Kier alpha value is -3.64. The number of aliphatic hydroxyl groups excluding tert-OH is 23. The minimum Gasteiger partial charge on any atom is -0.477 e. The van der Waals surface area contributed by atoms with Crippen molar-refractivity contribution in [2.24, 2.45) is 0 Å². The molecule has 8 heterocycles. The third kappa shape index (κ3) is 18.6. The van der Waals surface area contributed by atoms with E-state index >= 15 is 0 Å². The number of carbonyl (C=O) groups is 4. The number of nitrogens with one attached hydrogen (secondary N) is 3. The molecule has 41 atom stereocenters. The van der Waals surface area contributed by atoms with Gasteiger partial charge < -0.3 is 210 Å². The SMILES string of the molecule is CC(=O)N[C@H]1[C@H](OC[C@H]2O[C@@H](O[C@H]3[C@H](O)[C@@H](O)C(O)O[C@@H]3CO)[C@H](O)[C@@H](O[C@@H]3O[C@H](CO)[C@@H](O[C@@H]4O[C@@H](C)[C@@H](O)[C@@H](O)[C@@H]4O)[C@H](O[C@@H]4O[C@H](CO)[C@H](O)[C@H](O)[C@H]4O)[C@H]3NC(C)=O)[C@H]2O)O[C@H](CO)[C@@H](O[C@@H]2O[C@H](CO[C@]3(C(=O)O)C[C@H](O)[C@@H](NC(C)=O)[C@H]([C@H](O)[C@H](O)CO)O3)[C@H](O)[C@H](O)[C@H]2O)[C@@H]1O. The summed E-state index contributed by atoms with van der Waals surface area (Å²) in [7, 11) is 0. The van der Waals surface area contributed by atoms with Crippen LogP contribution in [0.1, 0.15) is 34.1 Å². The van der Waals surface area contributed by atoms with E-state index in [-0.39, 0.29) is 0 Å². The van der Waals surface area contributed by atoms with Gasteiger partial charge in [-0.25, -0.2) is 4.79 Å². The Balaban J connectivity index is 1.07. The average Bonchev–Trinajstić information content (AvgIpc) is 0.764. The van der Waals surface area contributed by atoms with Crippen LogP contribution >= 0.6 is 0 Å². The summed E-state index contributed by atoms with van der Waals surface area (Å²) in [5.41, 5.74) is 0. The first-order chi connectivity index (χ1) is 48.5. The third-order valence-corrected chi connectivity index (χ3v) is 18.8. The van der Waals surface area contributed by atoms with Crippen LogP contribution in [-0.2, 0) is 90.2 Å². The fourth-order valence-electron chi connectivity index (χ4n) is 13.1. The largest absolute Gasteiger partial charge is 0.477 e. The molecule has 596 valence electrons. The number of hydrogen-bond acceptors (Lipinski definition) is 42.